The first-order chi connectivity index (χ1) is 4.50. The Kier molecular flexibility index (Phi) is 0.804. The summed E-state index contributed by atoms with van der Waals surface area (Å²) in [7, 11) is 4.44. The Balaban J connectivity index is 4.75. The minimum absolute atomic E-state index is 0.281. The van der Waals surface area contributed by atoms with Gasteiger partial charge in [0.25, 0.3) is 0 Å². The smallest absolute Gasteiger partial charge is 0.101 e. The van der Waals surface area contributed by atoms with Gasteiger partial charge in [0.15, 0.2) is 0 Å². The van der Waals surface area contributed by atoms with Gasteiger partial charge in [0.05, 0.1) is 33.2 Å². The van der Waals surface area contributed by atoms with E-state index in [0.717, 1.165) is 0 Å². The maximum absolute atomic E-state index is 8.82. The molecule has 44 valence electrons. The molecule has 0 bridgehead atoms. The number of aliphatic hydroxyl groups is 1. The third-order valence-corrected chi connectivity index (χ3v) is 0.385. The van der Waals surface area contributed by atoms with Crippen LogP contribution in [0.15, 0.2) is 0 Å². The van der Waals surface area contributed by atoms with Crippen molar-refractivity contribution >= 4 is 0 Å². The first kappa shape index (κ1) is 2.46. The van der Waals surface area contributed by atoms with Crippen LogP contribution in [-0.2, 0) is 0 Å². The summed E-state index contributed by atoms with van der Waals surface area (Å²) in [4.78, 5) is 0. The molecule has 0 aromatic rings. The van der Waals surface area contributed by atoms with Crippen LogP contribution in [0.1, 0.15) is 5.48 Å². The normalized spacial score (nSPS) is 24.6. The minimum atomic E-state index is -2.81. The van der Waals surface area contributed by atoms with Gasteiger partial charge in [0.2, 0.25) is 0 Å². The number of quaternary nitrogens is 1. The molecule has 0 aliphatic rings. The van der Waals surface area contributed by atoms with E-state index in [1.54, 1.807) is 0 Å². The van der Waals surface area contributed by atoms with Crippen molar-refractivity contribution in [2.45, 2.75) is 0 Å². The summed E-state index contributed by atoms with van der Waals surface area (Å²) >= 11 is 0. The van der Waals surface area contributed by atoms with E-state index in [0.29, 0.717) is 0 Å². The number of hydrogen-bond acceptors (Lipinski definition) is 1. The van der Waals surface area contributed by atoms with Gasteiger partial charge in [-0.15, -0.1) is 0 Å². The van der Waals surface area contributed by atoms with Crippen LogP contribution >= 0.6 is 0 Å². The van der Waals surface area contributed by atoms with E-state index < -0.39 is 13.1 Å². The maximum Gasteiger partial charge on any atom is 0.101 e. The van der Waals surface area contributed by atoms with Crippen LogP contribution in [0.5, 0.6) is 0 Å². The van der Waals surface area contributed by atoms with Crippen molar-refractivity contribution in [3.05, 3.63) is 0 Å². The van der Waals surface area contributed by atoms with Crippen molar-refractivity contribution in [2.24, 2.45) is 0 Å². The van der Waals surface area contributed by atoms with Crippen LogP contribution in [0.25, 0.3) is 0 Å². The first-order valence-corrected chi connectivity index (χ1v) is 2.04. The zero-order chi connectivity index (χ0) is 9.50. The monoisotopic (exact) mass is 107 g/mol. The Morgan fingerprint density at radius 1 is 1.57 bits per heavy atom. The van der Waals surface area contributed by atoms with Crippen LogP contribution in [0, 0.1) is 0 Å². The number of hydrogen-bond donors (Lipinski definition) is 1. The highest BCUT2D eigenvalue weighted by atomic mass is 16.3. The molecule has 0 aromatic carbocycles. The quantitative estimate of drug-likeness (QED) is 0.480. The molecule has 0 amide bonds. The molecule has 0 aromatic heterocycles. The molecule has 0 heterocycles. The summed E-state index contributed by atoms with van der Waals surface area (Å²) in [5, 5.41) is 8.82. The summed E-state index contributed by atoms with van der Waals surface area (Å²) in [6, 6.07) is 0. The van der Waals surface area contributed by atoms with Crippen molar-refractivity contribution in [1.29, 1.82) is 0 Å². The lowest BCUT2D eigenvalue weighted by atomic mass is 10.3. The van der Waals surface area contributed by atoms with Crippen molar-refractivity contribution < 1.29 is 15.1 Å². The maximum atomic E-state index is 8.82. The molecule has 1 N–H and O–H groups in total. The topological polar surface area (TPSA) is 20.2 Å². The van der Waals surface area contributed by atoms with Gasteiger partial charge in [-0.3, -0.25) is 0 Å². The highest BCUT2D eigenvalue weighted by Crippen LogP contribution is 1.84. The Morgan fingerprint density at radius 3 is 2.00 bits per heavy atom. The van der Waals surface area contributed by atoms with Crippen LogP contribution in [0.4, 0.5) is 0 Å². The Labute approximate surface area is 50.6 Å². The van der Waals surface area contributed by atoms with Crippen LogP contribution < -0.4 is 0 Å². The molecule has 7 heavy (non-hydrogen) atoms. The zero-order valence-corrected chi connectivity index (χ0v) is 4.89. The van der Waals surface area contributed by atoms with E-state index in [4.69, 9.17) is 10.6 Å². The molecule has 2 nitrogen and oxygen atoms in total. The molecule has 0 radical (unpaired) electrons. The van der Waals surface area contributed by atoms with Gasteiger partial charge in [0.1, 0.15) is 6.50 Å². The van der Waals surface area contributed by atoms with Gasteiger partial charge in [-0.25, -0.2) is 0 Å². The third-order valence-electron chi connectivity index (χ3n) is 0.385. The molecule has 0 saturated heterocycles. The van der Waals surface area contributed by atoms with Crippen molar-refractivity contribution in [2.75, 3.05) is 34.2 Å². The molecule has 0 atom stereocenters. The SMILES string of the molecule is [2H]C([2H])(O)C([2H])([2H])[N+](C)(C)[11CH3]. The molecular formula is C5H14NO+. The average Bonchev–Trinajstić information content (AvgIpc) is 1.58. The predicted octanol–water partition coefficient (Wildman–Crippen LogP) is -0.315. The van der Waals surface area contributed by atoms with Gasteiger partial charge < -0.3 is 9.59 Å². The molecule has 0 aliphatic carbocycles. The van der Waals surface area contributed by atoms with Crippen molar-refractivity contribution in [1.82, 2.24) is 0 Å². The summed E-state index contributed by atoms with van der Waals surface area (Å²) in [5.74, 6) is 0. The van der Waals surface area contributed by atoms with Gasteiger partial charge >= 0.3 is 0 Å². The van der Waals surface area contributed by atoms with Gasteiger partial charge in [-0.1, -0.05) is 0 Å². The number of nitrogens with zero attached hydrogens (tertiary/aromatic N) is 1. The van der Waals surface area contributed by atoms with E-state index in [1.807, 2.05) is 0 Å². The van der Waals surface area contributed by atoms with E-state index >= 15 is 0 Å². The first-order valence-electron chi connectivity index (χ1n) is 4.04. The fourth-order valence-electron chi connectivity index (χ4n) is 0.150. The highest BCUT2D eigenvalue weighted by Gasteiger charge is 2.02. The molecule has 0 fully saturated rings. The van der Waals surface area contributed by atoms with Crippen LogP contribution in [0.3, 0.4) is 0 Å². The zero-order valence-electron chi connectivity index (χ0n) is 8.89. The second kappa shape index (κ2) is 2.28. The largest absolute Gasteiger partial charge is 0.391 e. The van der Waals surface area contributed by atoms with Gasteiger partial charge in [-0.2, -0.15) is 0 Å². The summed E-state index contributed by atoms with van der Waals surface area (Å²) in [6.07, 6.45) is 0. The van der Waals surface area contributed by atoms with Gasteiger partial charge in [-0.05, 0) is 0 Å². The highest BCUT2D eigenvalue weighted by molar-refractivity contribution is 4.19. The average molecular weight is 107 g/mol. The fraction of sp³-hybridized carbons (Fsp3) is 1.00. The van der Waals surface area contributed by atoms with Crippen molar-refractivity contribution in [3.8, 4) is 0 Å². The lowest BCUT2D eigenvalue weighted by Gasteiger charge is -2.21. The van der Waals surface area contributed by atoms with Crippen LogP contribution in [-0.4, -0.2) is 43.8 Å². The van der Waals surface area contributed by atoms with Crippen LogP contribution in [0.2, 0.25) is 0 Å². The molecule has 0 aliphatic heterocycles. The van der Waals surface area contributed by atoms with E-state index in [-0.39, 0.29) is 4.48 Å². The van der Waals surface area contributed by atoms with E-state index in [9.17, 15) is 0 Å². The Morgan fingerprint density at radius 2 is 2.00 bits per heavy atom. The number of rotatable bonds is 2. The second-order valence-corrected chi connectivity index (χ2v) is 2.24. The second-order valence-electron chi connectivity index (χ2n) is 2.24. The Bertz CT molecular complexity index is 130. The van der Waals surface area contributed by atoms with E-state index in [2.05, 4.69) is 0 Å². The number of likely N-dealkylation sites (N-methyl/N-ethyl adjacent to an activating group) is 1. The molecule has 0 spiro atoms. The molecule has 2 heteroatoms. The molecule has 0 rings (SSSR count). The lowest BCUT2D eigenvalue weighted by Crippen LogP contribution is -2.36. The molecular weight excluding hydrogens is 89.1 g/mol. The lowest BCUT2D eigenvalue weighted by molar-refractivity contribution is -0.870. The third kappa shape index (κ3) is 5.92. The molecule has 0 unspecified atom stereocenters. The predicted molar refractivity (Wildman–Crippen MR) is 30.0 cm³/mol. The van der Waals surface area contributed by atoms with Gasteiger partial charge in [0, 0.05) is 0 Å². The summed E-state index contributed by atoms with van der Waals surface area (Å²) in [6.45, 7) is -5.11. The van der Waals surface area contributed by atoms with Crippen molar-refractivity contribution in [3.63, 3.8) is 0 Å². The minimum Gasteiger partial charge on any atom is -0.391 e. The molecule has 0 saturated carbocycles. The fourth-order valence-corrected chi connectivity index (χ4v) is 0.150. The summed E-state index contributed by atoms with van der Waals surface area (Å²) in [5.41, 5.74) is 0. The standard InChI is InChI=1S/C5H14NO/c1-6(2,3)4-5-7/h7H,4-5H2,1-3H3/q+1/i1-1,4D2,5D2. The summed E-state index contributed by atoms with van der Waals surface area (Å²) < 4.78 is 27.8. The Hall–Kier alpha value is -0.0800. The van der Waals surface area contributed by atoms with E-state index in [1.165, 1.54) is 21.1 Å².